The van der Waals surface area contributed by atoms with Gasteiger partial charge in [0.25, 0.3) is 0 Å². The molecule has 0 bridgehead atoms. The van der Waals surface area contributed by atoms with E-state index in [-0.39, 0.29) is 19.1 Å². The van der Waals surface area contributed by atoms with E-state index in [0.29, 0.717) is 0 Å². The molecule has 1 rings (SSSR count). The Morgan fingerprint density at radius 2 is 1.44 bits per heavy atom. The molecule has 4 N–H and O–H groups in total. The molecule has 0 unspecified atom stereocenters. The van der Waals surface area contributed by atoms with E-state index >= 15 is 0 Å². The number of hydrogen-bond acceptors (Lipinski definition) is 5. The molecule has 1 aliphatic rings. The maximum absolute atomic E-state index is 7.39. The lowest BCUT2D eigenvalue weighted by atomic mass is 9.83. The lowest BCUT2D eigenvalue weighted by molar-refractivity contribution is 0.00578. The van der Waals surface area contributed by atoms with Gasteiger partial charge in [-0.3, -0.25) is 0 Å². The Hall–Kier alpha value is -0.365. The summed E-state index contributed by atoms with van der Waals surface area (Å²) < 4.78 is 11.0. The Morgan fingerprint density at radius 1 is 1.12 bits per heavy atom. The molecule has 0 radical (unpaired) electrons. The molecule has 0 aromatic carbocycles. The Morgan fingerprint density at radius 3 is 1.69 bits per heavy atom. The Bertz CT molecular complexity index is 243. The lowest BCUT2D eigenvalue weighted by Gasteiger charge is -2.32. The van der Waals surface area contributed by atoms with Gasteiger partial charge in [0, 0.05) is 6.21 Å². The zero-order valence-corrected chi connectivity index (χ0v) is 11.5. The second kappa shape index (κ2) is 6.39. The van der Waals surface area contributed by atoms with Crippen LogP contribution in [0, 0.1) is 10.8 Å². The smallest absolute Gasteiger partial charge is 0.398 e. The number of hydrogen-bond donors (Lipinski definition) is 3. The van der Waals surface area contributed by atoms with Gasteiger partial charge in [-0.1, -0.05) is 0 Å². The fraction of sp³-hybridized carbons (Fsp3) is 0.778. The molecular formula is C9H22BN3O2S. The van der Waals surface area contributed by atoms with Crippen molar-refractivity contribution >= 4 is 32.4 Å². The van der Waals surface area contributed by atoms with Crippen LogP contribution in [0.2, 0.25) is 0 Å². The molecule has 0 spiro atoms. The maximum Gasteiger partial charge on any atom is 0.515 e. The first-order chi connectivity index (χ1) is 6.80. The number of nitrogens with two attached hydrogens (primary N) is 1. The molecule has 0 aromatic rings. The van der Waals surface area contributed by atoms with E-state index < -0.39 is 18.3 Å². The minimum atomic E-state index is -0.692. The molecular weight excluding hydrogens is 225 g/mol. The van der Waals surface area contributed by atoms with Gasteiger partial charge >= 0.3 is 7.12 Å². The number of rotatable bonds is 2. The minimum absolute atomic E-state index is 0. The van der Waals surface area contributed by atoms with Crippen LogP contribution in [0.4, 0.5) is 0 Å². The third kappa shape index (κ3) is 3.59. The third-order valence-electron chi connectivity index (χ3n) is 2.66. The SMILES string of the molecule is CC1(C)OB(C(=N)C=N)OC1(C)C.CN.S. The van der Waals surface area contributed by atoms with Gasteiger partial charge in [-0.05, 0) is 34.7 Å². The summed E-state index contributed by atoms with van der Waals surface area (Å²) in [5.74, 6) is 0. The summed E-state index contributed by atoms with van der Waals surface area (Å²) in [7, 11) is 0.808. The van der Waals surface area contributed by atoms with Crippen LogP contribution in [0.3, 0.4) is 0 Å². The summed E-state index contributed by atoms with van der Waals surface area (Å²) in [6, 6.07) is 0. The van der Waals surface area contributed by atoms with Crippen molar-refractivity contribution in [2.45, 2.75) is 38.9 Å². The van der Waals surface area contributed by atoms with Gasteiger partial charge in [0.05, 0.1) is 16.8 Å². The standard InChI is InChI=1S/C8H15BN2O2.CH5N.H2S/c1-7(2)8(3,4)13-9(12-7)6(11)5-10;1-2;/h5,10-11H,1-4H3;2H2,1H3;1H2. The van der Waals surface area contributed by atoms with Crippen molar-refractivity contribution in [2.24, 2.45) is 5.73 Å². The molecule has 0 amide bonds. The Balaban J connectivity index is 0. The second-order valence-corrected chi connectivity index (χ2v) is 4.19. The predicted octanol–water partition coefficient (Wildman–Crippen LogP) is 0.975. The molecule has 0 saturated carbocycles. The van der Waals surface area contributed by atoms with Gasteiger partial charge in [-0.25, -0.2) is 0 Å². The third-order valence-corrected chi connectivity index (χ3v) is 2.66. The van der Waals surface area contributed by atoms with Gasteiger partial charge in [-0.15, -0.1) is 0 Å². The zero-order chi connectivity index (χ0) is 12.3. The van der Waals surface area contributed by atoms with Crippen LogP contribution in [0.1, 0.15) is 27.7 Å². The van der Waals surface area contributed by atoms with Gasteiger partial charge in [0.15, 0.2) is 0 Å². The molecule has 16 heavy (non-hydrogen) atoms. The average Bonchev–Trinajstić information content (AvgIpc) is 2.38. The van der Waals surface area contributed by atoms with Crippen LogP contribution in [-0.2, 0) is 9.31 Å². The second-order valence-electron chi connectivity index (χ2n) is 4.19. The average molecular weight is 247 g/mol. The summed E-state index contributed by atoms with van der Waals surface area (Å²) in [5.41, 5.74) is 3.71. The molecule has 1 fully saturated rings. The summed E-state index contributed by atoms with van der Waals surface area (Å²) in [4.78, 5) is 0. The largest absolute Gasteiger partial charge is 0.515 e. The molecule has 0 atom stereocenters. The van der Waals surface area contributed by atoms with Gasteiger partial charge in [0.1, 0.15) is 0 Å². The van der Waals surface area contributed by atoms with Crippen molar-refractivity contribution in [3.05, 3.63) is 0 Å². The van der Waals surface area contributed by atoms with Crippen molar-refractivity contribution in [3.63, 3.8) is 0 Å². The molecule has 1 saturated heterocycles. The number of nitrogens with one attached hydrogen (secondary N) is 2. The van der Waals surface area contributed by atoms with Crippen LogP contribution in [0.15, 0.2) is 0 Å². The van der Waals surface area contributed by atoms with Crippen LogP contribution in [0.5, 0.6) is 0 Å². The maximum atomic E-state index is 7.39. The highest BCUT2D eigenvalue weighted by molar-refractivity contribution is 7.59. The van der Waals surface area contributed by atoms with Crippen molar-refractivity contribution in [2.75, 3.05) is 7.05 Å². The van der Waals surface area contributed by atoms with Crippen LogP contribution >= 0.6 is 13.5 Å². The molecule has 94 valence electrons. The van der Waals surface area contributed by atoms with Crippen molar-refractivity contribution in [1.82, 2.24) is 0 Å². The van der Waals surface area contributed by atoms with E-state index in [1.54, 1.807) is 0 Å². The molecule has 7 heteroatoms. The van der Waals surface area contributed by atoms with E-state index in [4.69, 9.17) is 20.1 Å². The molecule has 0 aromatic heterocycles. The van der Waals surface area contributed by atoms with E-state index in [0.717, 1.165) is 6.21 Å². The first-order valence-corrected chi connectivity index (χ1v) is 4.82. The van der Waals surface area contributed by atoms with E-state index in [1.807, 2.05) is 27.7 Å². The first kappa shape index (κ1) is 18.0. The van der Waals surface area contributed by atoms with Gasteiger partial charge in [-0.2, -0.15) is 13.5 Å². The van der Waals surface area contributed by atoms with Crippen molar-refractivity contribution in [1.29, 1.82) is 10.8 Å². The van der Waals surface area contributed by atoms with E-state index in [9.17, 15) is 0 Å². The molecule has 5 nitrogen and oxygen atoms in total. The van der Waals surface area contributed by atoms with Gasteiger partial charge < -0.3 is 25.9 Å². The molecule has 0 aliphatic carbocycles. The van der Waals surface area contributed by atoms with E-state index in [1.165, 1.54) is 7.05 Å². The Kier molecular flexibility index (Phi) is 7.19. The predicted molar refractivity (Wildman–Crippen MR) is 73.1 cm³/mol. The van der Waals surface area contributed by atoms with E-state index in [2.05, 4.69) is 5.73 Å². The molecule has 1 heterocycles. The van der Waals surface area contributed by atoms with Crippen molar-refractivity contribution < 1.29 is 9.31 Å². The highest BCUT2D eigenvalue weighted by atomic mass is 32.1. The zero-order valence-electron chi connectivity index (χ0n) is 10.5. The minimum Gasteiger partial charge on any atom is -0.398 e. The van der Waals surface area contributed by atoms with Crippen molar-refractivity contribution in [3.8, 4) is 0 Å². The quantitative estimate of drug-likeness (QED) is 0.501. The normalized spacial score (nSPS) is 20.2. The fourth-order valence-electron chi connectivity index (χ4n) is 1.04. The summed E-state index contributed by atoms with van der Waals surface area (Å²) in [6.07, 6.45) is 0.947. The van der Waals surface area contributed by atoms with Crippen LogP contribution in [0.25, 0.3) is 0 Å². The monoisotopic (exact) mass is 247 g/mol. The lowest BCUT2D eigenvalue weighted by Crippen LogP contribution is -2.41. The van der Waals surface area contributed by atoms with Crippen LogP contribution < -0.4 is 5.73 Å². The summed E-state index contributed by atoms with van der Waals surface area (Å²) >= 11 is 0. The first-order valence-electron chi connectivity index (χ1n) is 4.82. The van der Waals surface area contributed by atoms with Gasteiger partial charge in [0.2, 0.25) is 0 Å². The summed E-state index contributed by atoms with van der Waals surface area (Å²) in [6.45, 7) is 7.68. The Labute approximate surface area is 105 Å². The summed E-state index contributed by atoms with van der Waals surface area (Å²) in [5, 5.41) is 14.3. The fourth-order valence-corrected chi connectivity index (χ4v) is 1.04. The topological polar surface area (TPSA) is 92.2 Å². The van der Waals surface area contributed by atoms with Crippen LogP contribution in [-0.4, -0.2) is 37.2 Å². The highest BCUT2D eigenvalue weighted by Gasteiger charge is 2.52. The molecule has 1 aliphatic heterocycles. The highest BCUT2D eigenvalue weighted by Crippen LogP contribution is 2.36.